The monoisotopic (exact) mass is 278 g/mol. The molecule has 1 aromatic carbocycles. The lowest BCUT2D eigenvalue weighted by Gasteiger charge is -2.21. The number of carboxylic acids is 1. The minimum Gasteiger partial charge on any atom is -0.508 e. The molecule has 0 spiro atoms. The first-order chi connectivity index (χ1) is 8.45. The quantitative estimate of drug-likeness (QED) is 0.743. The zero-order valence-electron chi connectivity index (χ0n) is 10.2. The minimum absolute atomic E-state index is 0.264. The molecule has 0 saturated carbocycles. The van der Waals surface area contributed by atoms with Crippen molar-refractivity contribution in [3.05, 3.63) is 23.3 Å². The number of rotatable bonds is 3. The van der Waals surface area contributed by atoms with Crippen LogP contribution in [0, 0.1) is 5.41 Å². The van der Waals surface area contributed by atoms with E-state index >= 15 is 0 Å². The van der Waals surface area contributed by atoms with Crippen molar-refractivity contribution in [3.63, 3.8) is 0 Å². The van der Waals surface area contributed by atoms with Crippen molar-refractivity contribution in [2.24, 2.45) is 5.41 Å². The maximum absolute atomic E-state index is 12.6. The number of alkyl halides is 3. The van der Waals surface area contributed by atoms with Gasteiger partial charge in [0.25, 0.3) is 0 Å². The zero-order chi connectivity index (χ0) is 15.0. The smallest absolute Gasteiger partial charge is 0.420 e. The van der Waals surface area contributed by atoms with E-state index in [2.05, 4.69) is 0 Å². The molecule has 4 nitrogen and oxygen atoms in total. The molecule has 0 amide bonds. The van der Waals surface area contributed by atoms with E-state index < -0.39 is 34.6 Å². The van der Waals surface area contributed by atoms with Gasteiger partial charge >= 0.3 is 12.1 Å². The Balaban J connectivity index is 3.31. The van der Waals surface area contributed by atoms with Crippen LogP contribution >= 0.6 is 0 Å². The van der Waals surface area contributed by atoms with Crippen LogP contribution in [0.3, 0.4) is 0 Å². The molecule has 0 unspecified atom stereocenters. The Labute approximate surface area is 107 Å². The first-order valence-corrected chi connectivity index (χ1v) is 5.30. The Morgan fingerprint density at radius 3 is 2.16 bits per heavy atom. The lowest BCUT2D eigenvalue weighted by molar-refractivity contribution is -0.146. The van der Waals surface area contributed by atoms with Crippen LogP contribution in [0.5, 0.6) is 11.5 Å². The van der Waals surface area contributed by atoms with Crippen molar-refractivity contribution in [2.45, 2.75) is 26.4 Å². The van der Waals surface area contributed by atoms with Gasteiger partial charge in [-0.2, -0.15) is 13.2 Å². The number of carboxylic acid groups (broad SMARTS) is 1. The van der Waals surface area contributed by atoms with E-state index in [4.69, 9.17) is 5.11 Å². The van der Waals surface area contributed by atoms with E-state index in [1.807, 2.05) is 0 Å². The van der Waals surface area contributed by atoms with Crippen molar-refractivity contribution in [2.75, 3.05) is 0 Å². The van der Waals surface area contributed by atoms with E-state index in [0.717, 1.165) is 6.07 Å². The number of hydrogen-bond acceptors (Lipinski definition) is 3. The van der Waals surface area contributed by atoms with Gasteiger partial charge in [0, 0.05) is 0 Å². The van der Waals surface area contributed by atoms with E-state index in [9.17, 15) is 28.2 Å². The van der Waals surface area contributed by atoms with E-state index in [1.165, 1.54) is 13.8 Å². The maximum atomic E-state index is 12.6. The standard InChI is InChI=1S/C12H13F3O4/c1-11(2,10(18)19)5-6-3-7(16)4-8(9(6)17)12(13,14)15/h3-4,16-17H,5H2,1-2H3,(H,18,19). The predicted octanol–water partition coefficient (Wildman–Crippen LogP) is 2.77. The van der Waals surface area contributed by atoms with Gasteiger partial charge in [0.15, 0.2) is 0 Å². The van der Waals surface area contributed by atoms with Crippen LogP contribution in [-0.2, 0) is 17.4 Å². The molecular weight excluding hydrogens is 265 g/mol. The molecule has 0 aliphatic heterocycles. The topological polar surface area (TPSA) is 77.8 Å². The van der Waals surface area contributed by atoms with E-state index in [-0.39, 0.29) is 12.0 Å². The number of aromatic hydroxyl groups is 2. The van der Waals surface area contributed by atoms with Gasteiger partial charge < -0.3 is 15.3 Å². The number of carbonyl (C=O) groups is 1. The Morgan fingerprint density at radius 2 is 1.74 bits per heavy atom. The molecule has 0 aromatic heterocycles. The van der Waals surface area contributed by atoms with Gasteiger partial charge in [-0.15, -0.1) is 0 Å². The summed E-state index contributed by atoms with van der Waals surface area (Å²) < 4.78 is 37.8. The van der Waals surface area contributed by atoms with Gasteiger partial charge in [0.1, 0.15) is 17.1 Å². The fourth-order valence-electron chi connectivity index (χ4n) is 1.58. The summed E-state index contributed by atoms with van der Waals surface area (Å²) in [5.41, 5.74) is -3.02. The second kappa shape index (κ2) is 4.64. The largest absolute Gasteiger partial charge is 0.508 e. The fraction of sp³-hybridized carbons (Fsp3) is 0.417. The van der Waals surface area contributed by atoms with Crippen molar-refractivity contribution < 1.29 is 33.3 Å². The first kappa shape index (κ1) is 15.1. The highest BCUT2D eigenvalue weighted by molar-refractivity contribution is 5.74. The van der Waals surface area contributed by atoms with E-state index in [0.29, 0.717) is 6.07 Å². The minimum atomic E-state index is -4.83. The molecule has 1 rings (SSSR count). The lowest BCUT2D eigenvalue weighted by Crippen LogP contribution is -2.26. The molecule has 0 radical (unpaired) electrons. The molecule has 0 atom stereocenters. The molecule has 0 fully saturated rings. The van der Waals surface area contributed by atoms with Crippen LogP contribution in [0.4, 0.5) is 13.2 Å². The summed E-state index contributed by atoms with van der Waals surface area (Å²) in [6.45, 7) is 2.62. The molecule has 7 heteroatoms. The summed E-state index contributed by atoms with van der Waals surface area (Å²) >= 11 is 0. The third-order valence-corrected chi connectivity index (χ3v) is 2.69. The summed E-state index contributed by atoms with van der Waals surface area (Å²) in [5.74, 6) is -2.95. The Bertz CT molecular complexity index is 506. The van der Waals surface area contributed by atoms with Crippen LogP contribution in [0.25, 0.3) is 0 Å². The summed E-state index contributed by atoms with van der Waals surface area (Å²) in [7, 11) is 0. The van der Waals surface area contributed by atoms with Crippen molar-refractivity contribution >= 4 is 5.97 Å². The van der Waals surface area contributed by atoms with Gasteiger partial charge in [-0.1, -0.05) is 0 Å². The first-order valence-electron chi connectivity index (χ1n) is 5.30. The molecule has 0 saturated heterocycles. The number of hydrogen-bond donors (Lipinski definition) is 3. The average molecular weight is 278 g/mol. The van der Waals surface area contributed by atoms with Gasteiger partial charge in [0.2, 0.25) is 0 Å². The second-order valence-corrected chi connectivity index (χ2v) is 4.86. The van der Waals surface area contributed by atoms with Crippen LogP contribution in [0.2, 0.25) is 0 Å². The number of phenols is 2. The second-order valence-electron chi connectivity index (χ2n) is 4.86. The predicted molar refractivity (Wildman–Crippen MR) is 59.9 cm³/mol. The van der Waals surface area contributed by atoms with Gasteiger partial charge in [-0.25, -0.2) is 0 Å². The highest BCUT2D eigenvalue weighted by Crippen LogP contribution is 2.41. The summed E-state index contributed by atoms with van der Waals surface area (Å²) in [6, 6.07) is 1.32. The van der Waals surface area contributed by atoms with Gasteiger partial charge in [-0.3, -0.25) is 4.79 Å². The Kier molecular flexibility index (Phi) is 3.70. The van der Waals surface area contributed by atoms with Crippen LogP contribution in [-0.4, -0.2) is 21.3 Å². The number of aliphatic carboxylic acids is 1. The van der Waals surface area contributed by atoms with E-state index in [1.54, 1.807) is 0 Å². The van der Waals surface area contributed by atoms with Crippen molar-refractivity contribution in [1.29, 1.82) is 0 Å². The maximum Gasteiger partial charge on any atom is 0.420 e. The lowest BCUT2D eigenvalue weighted by atomic mass is 9.85. The van der Waals surface area contributed by atoms with Crippen molar-refractivity contribution in [3.8, 4) is 11.5 Å². The average Bonchev–Trinajstić information content (AvgIpc) is 2.20. The summed E-state index contributed by atoms with van der Waals surface area (Å²) in [5, 5.41) is 27.8. The van der Waals surface area contributed by atoms with Gasteiger partial charge in [-0.05, 0) is 38.0 Å². The molecule has 0 aliphatic rings. The molecule has 0 bridgehead atoms. The highest BCUT2D eigenvalue weighted by Gasteiger charge is 2.37. The third-order valence-electron chi connectivity index (χ3n) is 2.69. The highest BCUT2D eigenvalue weighted by atomic mass is 19.4. The van der Waals surface area contributed by atoms with Crippen LogP contribution < -0.4 is 0 Å². The molecular formula is C12H13F3O4. The number of benzene rings is 1. The number of phenolic OH excluding ortho intramolecular Hbond substituents is 2. The fourth-order valence-corrected chi connectivity index (χ4v) is 1.58. The SMILES string of the molecule is CC(C)(Cc1cc(O)cc(C(F)(F)F)c1O)C(=O)O. The number of halogens is 3. The third kappa shape index (κ3) is 3.30. The zero-order valence-corrected chi connectivity index (χ0v) is 10.2. The molecule has 0 aliphatic carbocycles. The molecule has 3 N–H and O–H groups in total. The molecule has 1 aromatic rings. The van der Waals surface area contributed by atoms with Crippen molar-refractivity contribution in [1.82, 2.24) is 0 Å². The summed E-state index contributed by atoms with van der Waals surface area (Å²) in [6.07, 6.45) is -5.17. The molecule has 106 valence electrons. The van der Waals surface area contributed by atoms with Crippen LogP contribution in [0.15, 0.2) is 12.1 Å². The summed E-state index contributed by atoms with van der Waals surface area (Å²) in [4.78, 5) is 10.9. The molecule has 0 heterocycles. The van der Waals surface area contributed by atoms with Crippen LogP contribution in [0.1, 0.15) is 25.0 Å². The van der Waals surface area contributed by atoms with Gasteiger partial charge in [0.05, 0.1) is 5.41 Å². The Morgan fingerprint density at radius 1 is 1.21 bits per heavy atom. The Hall–Kier alpha value is -1.92. The molecule has 19 heavy (non-hydrogen) atoms. The normalized spacial score (nSPS) is 12.5.